The van der Waals surface area contributed by atoms with Gasteiger partial charge in [0.05, 0.1) is 11.3 Å². The lowest BCUT2D eigenvalue weighted by atomic mass is 10.1. The van der Waals surface area contributed by atoms with E-state index < -0.39 is 0 Å². The minimum atomic E-state index is -0.300. The van der Waals surface area contributed by atoms with E-state index in [9.17, 15) is 9.59 Å². The van der Waals surface area contributed by atoms with Crippen LogP contribution in [0.3, 0.4) is 0 Å². The van der Waals surface area contributed by atoms with Crippen LogP contribution >= 0.6 is 11.3 Å². The lowest BCUT2D eigenvalue weighted by molar-refractivity contribution is 0.0774. The van der Waals surface area contributed by atoms with E-state index in [4.69, 9.17) is 0 Å². The Kier molecular flexibility index (Phi) is 6.81. The molecule has 0 radical (unpaired) electrons. The fourth-order valence-electron chi connectivity index (χ4n) is 2.38. The Hall–Kier alpha value is -2.34. The van der Waals surface area contributed by atoms with Gasteiger partial charge in [0.15, 0.2) is 0 Å². The summed E-state index contributed by atoms with van der Waals surface area (Å²) in [5, 5.41) is 7.62. The molecule has 0 bridgehead atoms. The first-order chi connectivity index (χ1) is 11.7. The van der Waals surface area contributed by atoms with Crippen LogP contribution in [0.4, 0.5) is 10.5 Å². The Morgan fingerprint density at radius 2 is 1.83 bits per heavy atom. The first-order valence-electron chi connectivity index (χ1n) is 8.11. The van der Waals surface area contributed by atoms with E-state index >= 15 is 0 Å². The van der Waals surface area contributed by atoms with Crippen LogP contribution in [0.15, 0.2) is 41.8 Å². The van der Waals surface area contributed by atoms with Crippen molar-refractivity contribution in [3.05, 3.63) is 52.2 Å². The molecular weight excluding hydrogens is 322 g/mol. The molecule has 0 spiro atoms. The summed E-state index contributed by atoms with van der Waals surface area (Å²) in [5.74, 6) is -0.0746. The second-order valence-corrected chi connectivity index (χ2v) is 6.27. The van der Waals surface area contributed by atoms with Gasteiger partial charge < -0.3 is 15.5 Å². The molecule has 0 unspecified atom stereocenters. The van der Waals surface area contributed by atoms with E-state index in [-0.39, 0.29) is 11.9 Å². The molecule has 2 aromatic rings. The molecule has 2 N–H and O–H groups in total. The van der Waals surface area contributed by atoms with Gasteiger partial charge in [-0.25, -0.2) is 4.79 Å². The van der Waals surface area contributed by atoms with Gasteiger partial charge in [-0.1, -0.05) is 18.2 Å². The zero-order valence-electron chi connectivity index (χ0n) is 14.0. The van der Waals surface area contributed by atoms with Gasteiger partial charge in [0.25, 0.3) is 5.91 Å². The number of anilines is 1. The molecule has 0 fully saturated rings. The summed E-state index contributed by atoms with van der Waals surface area (Å²) in [6.07, 6.45) is 0.797. The van der Waals surface area contributed by atoms with Crippen LogP contribution in [-0.4, -0.2) is 36.5 Å². The predicted octanol–water partition coefficient (Wildman–Crippen LogP) is 3.59. The smallest absolute Gasteiger partial charge is 0.319 e. The van der Waals surface area contributed by atoms with Crippen molar-refractivity contribution in [2.45, 2.75) is 20.3 Å². The van der Waals surface area contributed by atoms with Crippen LogP contribution in [0.1, 0.15) is 29.1 Å². The van der Waals surface area contributed by atoms with Crippen molar-refractivity contribution in [1.29, 1.82) is 0 Å². The Labute approximate surface area is 146 Å². The molecule has 0 atom stereocenters. The molecule has 0 aliphatic heterocycles. The summed E-state index contributed by atoms with van der Waals surface area (Å²) >= 11 is 1.67. The first kappa shape index (κ1) is 18.0. The third-order valence-corrected chi connectivity index (χ3v) is 4.63. The third kappa shape index (κ3) is 4.83. The average molecular weight is 345 g/mol. The summed E-state index contributed by atoms with van der Waals surface area (Å²) < 4.78 is 0. The summed E-state index contributed by atoms with van der Waals surface area (Å²) in [6, 6.07) is 10.8. The van der Waals surface area contributed by atoms with Crippen molar-refractivity contribution in [2.75, 3.05) is 25.0 Å². The van der Waals surface area contributed by atoms with Crippen molar-refractivity contribution in [3.8, 4) is 0 Å². The van der Waals surface area contributed by atoms with E-state index in [1.807, 2.05) is 31.4 Å². The number of carbonyl (C=O) groups excluding carboxylic acids is 2. The molecule has 0 aliphatic rings. The van der Waals surface area contributed by atoms with Crippen LogP contribution in [0, 0.1) is 0 Å². The molecule has 1 heterocycles. The number of nitrogens with zero attached hydrogens (tertiary/aromatic N) is 1. The summed E-state index contributed by atoms with van der Waals surface area (Å²) in [4.78, 5) is 27.6. The number of amides is 3. The van der Waals surface area contributed by atoms with Crippen molar-refractivity contribution in [3.63, 3.8) is 0 Å². The Morgan fingerprint density at radius 1 is 1.08 bits per heavy atom. The number of thiophene rings is 1. The number of para-hydroxylation sites is 1. The maximum atomic E-state index is 12.5. The van der Waals surface area contributed by atoms with Crippen molar-refractivity contribution in [2.24, 2.45) is 0 Å². The highest BCUT2D eigenvalue weighted by Crippen LogP contribution is 2.17. The van der Waals surface area contributed by atoms with Gasteiger partial charge in [-0.15, -0.1) is 11.3 Å². The van der Waals surface area contributed by atoms with Crippen LogP contribution < -0.4 is 10.6 Å². The molecular formula is C18H23N3O2S. The maximum absolute atomic E-state index is 12.5. The van der Waals surface area contributed by atoms with Gasteiger partial charge in [0.2, 0.25) is 0 Å². The number of hydrogen-bond donors (Lipinski definition) is 2. The number of carbonyl (C=O) groups is 2. The van der Waals surface area contributed by atoms with Gasteiger partial charge in [-0.2, -0.15) is 0 Å². The molecule has 1 aromatic heterocycles. The molecule has 3 amide bonds. The third-order valence-electron chi connectivity index (χ3n) is 3.69. The van der Waals surface area contributed by atoms with Crippen molar-refractivity contribution >= 4 is 29.0 Å². The zero-order valence-corrected chi connectivity index (χ0v) is 14.9. The second kappa shape index (κ2) is 9.08. The van der Waals surface area contributed by atoms with Gasteiger partial charge in [-0.3, -0.25) is 4.79 Å². The number of urea groups is 1. The fraction of sp³-hybridized carbons (Fsp3) is 0.333. The minimum Gasteiger partial charge on any atom is -0.339 e. The molecule has 0 saturated carbocycles. The van der Waals surface area contributed by atoms with Crippen LogP contribution in [0.5, 0.6) is 0 Å². The molecule has 1 aromatic carbocycles. The second-order valence-electron chi connectivity index (χ2n) is 5.23. The van der Waals surface area contributed by atoms with Gasteiger partial charge >= 0.3 is 6.03 Å². The van der Waals surface area contributed by atoms with E-state index in [0.29, 0.717) is 30.9 Å². The number of benzene rings is 1. The predicted molar refractivity (Wildman–Crippen MR) is 98.7 cm³/mol. The lowest BCUT2D eigenvalue weighted by Gasteiger charge is -2.20. The van der Waals surface area contributed by atoms with E-state index in [0.717, 1.165) is 6.42 Å². The topological polar surface area (TPSA) is 61.4 Å². The van der Waals surface area contributed by atoms with Crippen molar-refractivity contribution < 1.29 is 9.59 Å². The molecule has 6 heteroatoms. The van der Waals surface area contributed by atoms with Crippen molar-refractivity contribution in [1.82, 2.24) is 10.2 Å². The Balaban J connectivity index is 1.96. The van der Waals surface area contributed by atoms with Gasteiger partial charge in [0, 0.05) is 24.5 Å². The number of hydrogen-bond acceptors (Lipinski definition) is 3. The molecule has 0 aliphatic carbocycles. The largest absolute Gasteiger partial charge is 0.339 e. The highest BCUT2D eigenvalue weighted by atomic mass is 32.1. The van der Waals surface area contributed by atoms with E-state index in [1.54, 1.807) is 40.5 Å². The zero-order chi connectivity index (χ0) is 17.4. The number of rotatable bonds is 7. The molecule has 2 rings (SSSR count). The fourth-order valence-corrected chi connectivity index (χ4v) is 3.09. The quantitative estimate of drug-likeness (QED) is 0.805. The number of nitrogens with one attached hydrogen (secondary N) is 2. The summed E-state index contributed by atoms with van der Waals surface area (Å²) in [5.41, 5.74) is 1.04. The maximum Gasteiger partial charge on any atom is 0.319 e. The highest BCUT2D eigenvalue weighted by Gasteiger charge is 2.17. The lowest BCUT2D eigenvalue weighted by Crippen LogP contribution is -2.33. The van der Waals surface area contributed by atoms with E-state index in [1.165, 1.54) is 4.88 Å². The molecule has 128 valence electrons. The first-order valence-corrected chi connectivity index (χ1v) is 8.99. The Bertz CT molecular complexity index is 667. The molecule has 24 heavy (non-hydrogen) atoms. The normalized spacial score (nSPS) is 10.2. The SMILES string of the molecule is CCN(CC)C(=O)c1ccccc1NC(=O)NCCc1cccs1. The summed E-state index contributed by atoms with van der Waals surface area (Å²) in [7, 11) is 0. The standard InChI is InChI=1S/C18H23N3O2S/c1-3-21(4-2)17(22)15-9-5-6-10-16(15)20-18(23)19-12-11-14-8-7-13-24-14/h5-10,13H,3-4,11-12H2,1-2H3,(H2,19,20,23). The monoisotopic (exact) mass is 345 g/mol. The minimum absolute atomic E-state index is 0.0746. The van der Waals surface area contributed by atoms with Crippen LogP contribution in [-0.2, 0) is 6.42 Å². The Morgan fingerprint density at radius 3 is 2.50 bits per heavy atom. The molecule has 0 saturated heterocycles. The molecule has 5 nitrogen and oxygen atoms in total. The van der Waals surface area contributed by atoms with Crippen LogP contribution in [0.25, 0.3) is 0 Å². The summed E-state index contributed by atoms with van der Waals surface area (Å²) in [6.45, 7) is 5.70. The van der Waals surface area contributed by atoms with Crippen LogP contribution in [0.2, 0.25) is 0 Å². The van der Waals surface area contributed by atoms with Gasteiger partial charge in [0.1, 0.15) is 0 Å². The highest BCUT2D eigenvalue weighted by molar-refractivity contribution is 7.09. The van der Waals surface area contributed by atoms with Gasteiger partial charge in [-0.05, 0) is 43.8 Å². The van der Waals surface area contributed by atoms with E-state index in [2.05, 4.69) is 10.6 Å². The average Bonchev–Trinajstić information content (AvgIpc) is 3.09.